The fourth-order valence-electron chi connectivity index (χ4n) is 12.6. The number of methoxy groups -OCH3 is 1. The van der Waals surface area contributed by atoms with Crippen LogP contribution in [-0.4, -0.2) is 116 Å². The lowest BCUT2D eigenvalue weighted by atomic mass is 9.80. The van der Waals surface area contributed by atoms with Gasteiger partial charge in [-0.25, -0.2) is 14.4 Å². The van der Waals surface area contributed by atoms with Crippen LogP contribution < -0.4 is 26.6 Å². The van der Waals surface area contributed by atoms with Crippen LogP contribution in [0.1, 0.15) is 203 Å². The van der Waals surface area contributed by atoms with Crippen LogP contribution in [0.5, 0.6) is 0 Å². The maximum atomic E-state index is 15.6. The third-order valence-electron chi connectivity index (χ3n) is 18.4. The van der Waals surface area contributed by atoms with Crippen LogP contribution in [0.25, 0.3) is 11.1 Å². The minimum Gasteiger partial charge on any atom is -0.467 e. The van der Waals surface area contributed by atoms with E-state index in [9.17, 15) is 24.0 Å². The maximum Gasteiger partial charge on any atom is 0.407 e. The van der Waals surface area contributed by atoms with Gasteiger partial charge in [0.25, 0.3) is 0 Å². The molecule has 18 heteroatoms. The van der Waals surface area contributed by atoms with E-state index in [1.807, 2.05) is 140 Å². The number of hydrogen-bond donors (Lipinski definition) is 5. The van der Waals surface area contributed by atoms with Crippen molar-refractivity contribution in [1.29, 1.82) is 0 Å². The van der Waals surface area contributed by atoms with Crippen molar-refractivity contribution in [2.24, 2.45) is 0 Å². The normalized spacial score (nSPS) is 13.2. The Morgan fingerprint density at radius 3 is 1.56 bits per heavy atom. The minimum atomic E-state index is -1.54. The zero-order chi connectivity index (χ0) is 73.9. The zero-order valence-electron chi connectivity index (χ0n) is 61.8. The van der Waals surface area contributed by atoms with E-state index in [0.29, 0.717) is 25.0 Å². The average Bonchev–Trinajstić information content (AvgIpc) is 1.18. The summed E-state index contributed by atoms with van der Waals surface area (Å²) >= 11 is 2.35. The van der Waals surface area contributed by atoms with Crippen molar-refractivity contribution < 1.29 is 52.5 Å². The molecular formula is C85H113N5O11S2. The molecule has 556 valence electrons. The minimum absolute atomic E-state index is 0.0143. The summed E-state index contributed by atoms with van der Waals surface area (Å²) in [4.78, 5) is 100. The molecule has 16 nitrogen and oxygen atoms in total. The number of amides is 5. The number of esters is 1. The number of unbranched alkanes of at least 4 members (excludes halogenated alkanes) is 13. The van der Waals surface area contributed by atoms with E-state index in [1.54, 1.807) is 0 Å². The third kappa shape index (κ3) is 29.5. The van der Waals surface area contributed by atoms with E-state index >= 15 is 9.59 Å². The highest BCUT2D eigenvalue weighted by Crippen LogP contribution is 2.45. The molecule has 0 heterocycles. The standard InChI is InChI=1S/C85H113N5O11S2/c1-8-10-11-12-13-14-15-16-17-18-19-20-30-54-78(91)103-62-76(81(94)87-74(53-35-36-56-86-83(96)99-57-9-2)79(92)89-77(82(95)98-7)61-102-58-55-65(6)42-38-41-64(5)40-37-39-63(3)4)88-80(93)75(90-84(97)100-59-73-71-51-33-31-49-69(71)70-50-32-34-52-72(70)73)60-101-85(66-43-24-21-25-44-66,67-45-26-22-27-46-67)68-47-28-23-29-48-68/h9,21-29,31-34,39,41,43-52,55,73-77H,2,8,10-20,30,35-38,40,42,53-54,56-62H2,1,3-7H3,(H,86,96)(H,87,94)(H,88,93)(H,89,92)(H,90,97)/b64-41+,65-55+/t74-,75-,76-,77-/m0/s1. The van der Waals surface area contributed by atoms with Crippen molar-refractivity contribution in [2.45, 2.75) is 205 Å². The number of carbonyl (C=O) groups is 7. The highest BCUT2D eigenvalue weighted by atomic mass is 32.2. The molecule has 0 aliphatic heterocycles. The van der Waals surface area contributed by atoms with Gasteiger partial charge < -0.3 is 45.5 Å². The molecule has 6 rings (SSSR count). The van der Waals surface area contributed by atoms with E-state index < -0.39 is 72.3 Å². The van der Waals surface area contributed by atoms with Crippen molar-refractivity contribution in [3.8, 4) is 11.1 Å². The van der Waals surface area contributed by atoms with Gasteiger partial charge in [0.05, 0.1) is 13.7 Å². The van der Waals surface area contributed by atoms with Gasteiger partial charge in [0.1, 0.15) is 43.0 Å². The smallest absolute Gasteiger partial charge is 0.407 e. The Bertz CT molecular complexity index is 3360. The lowest BCUT2D eigenvalue weighted by Gasteiger charge is -2.37. The van der Waals surface area contributed by atoms with Crippen molar-refractivity contribution in [3.05, 3.63) is 215 Å². The van der Waals surface area contributed by atoms with Crippen molar-refractivity contribution >= 4 is 64.5 Å². The van der Waals surface area contributed by atoms with Crippen LogP contribution in [0.2, 0.25) is 0 Å². The predicted molar refractivity (Wildman–Crippen MR) is 419 cm³/mol. The number of fused-ring (bicyclic) bond motifs is 3. The first kappa shape index (κ1) is 83.8. The molecule has 0 unspecified atom stereocenters. The number of allylic oxidation sites excluding steroid dienone is 5. The number of ether oxygens (including phenoxy) is 4. The van der Waals surface area contributed by atoms with Gasteiger partial charge in [-0.05, 0) is 118 Å². The SMILES string of the molecule is C=CCOC(=O)NCCCC[C@H](NC(=O)[C@H](CSC(=O)CCCCCCCCCCCCCCC)NC(=O)[C@H](COC(c1ccccc1)(c1ccccc1)c1ccccc1)NC(=O)OCC1c2ccccc2-c2ccccc21)C(=O)N[C@@H](CSC/C=C(\C)CC/C=C(\C)CCC=C(C)C)C(=O)OC. The van der Waals surface area contributed by atoms with Crippen LogP contribution in [0.15, 0.2) is 187 Å². The average molecular weight is 1440 g/mol. The number of rotatable bonds is 49. The molecule has 0 aromatic heterocycles. The molecule has 5 aromatic carbocycles. The van der Waals surface area contributed by atoms with E-state index in [2.05, 4.69) is 86.0 Å². The summed E-state index contributed by atoms with van der Waals surface area (Å²) in [7, 11) is 1.24. The highest BCUT2D eigenvalue weighted by Gasteiger charge is 2.41. The van der Waals surface area contributed by atoms with Gasteiger partial charge in [-0.2, -0.15) is 11.8 Å². The first-order valence-corrected chi connectivity index (χ1v) is 39.3. The van der Waals surface area contributed by atoms with Crippen LogP contribution in [0.3, 0.4) is 0 Å². The Kier molecular flexibility index (Phi) is 39.0. The lowest BCUT2D eigenvalue weighted by Crippen LogP contribution is -2.59. The number of carbonyl (C=O) groups excluding carboxylic acids is 7. The van der Waals surface area contributed by atoms with E-state index in [4.69, 9.17) is 18.9 Å². The summed E-state index contributed by atoms with van der Waals surface area (Å²) in [5.74, 6) is -2.87. The fourth-order valence-corrected chi connectivity index (χ4v) is 14.5. The van der Waals surface area contributed by atoms with Crippen LogP contribution in [-0.2, 0) is 48.5 Å². The van der Waals surface area contributed by atoms with Gasteiger partial charge >= 0.3 is 18.2 Å². The largest absolute Gasteiger partial charge is 0.467 e. The highest BCUT2D eigenvalue weighted by molar-refractivity contribution is 8.13. The van der Waals surface area contributed by atoms with E-state index in [1.165, 1.54) is 93.0 Å². The van der Waals surface area contributed by atoms with Crippen LogP contribution in [0.4, 0.5) is 9.59 Å². The molecule has 0 saturated carbocycles. The summed E-state index contributed by atoms with van der Waals surface area (Å²) in [6.45, 7) is 13.9. The fraction of sp³-hybridized carbons (Fsp3) is 0.471. The van der Waals surface area contributed by atoms with Crippen molar-refractivity contribution in [3.63, 3.8) is 0 Å². The number of hydrogen-bond acceptors (Lipinski definition) is 13. The molecule has 4 atom stereocenters. The molecule has 5 N–H and O–H groups in total. The molecule has 0 radical (unpaired) electrons. The van der Waals surface area contributed by atoms with E-state index in [-0.39, 0.29) is 55.1 Å². The van der Waals surface area contributed by atoms with Crippen LogP contribution >= 0.6 is 23.5 Å². The van der Waals surface area contributed by atoms with Gasteiger partial charge in [-0.1, -0.05) is 283 Å². The summed E-state index contributed by atoms with van der Waals surface area (Å²) in [6.07, 6.45) is 26.1. The summed E-state index contributed by atoms with van der Waals surface area (Å²) in [5, 5.41) is 14.0. The molecule has 1 aliphatic carbocycles. The number of thioether (sulfide) groups is 2. The number of nitrogens with one attached hydrogen (secondary N) is 5. The lowest BCUT2D eigenvalue weighted by molar-refractivity contribution is -0.144. The third-order valence-corrected chi connectivity index (χ3v) is 20.4. The van der Waals surface area contributed by atoms with Crippen molar-refractivity contribution in [2.75, 3.05) is 50.7 Å². The topological polar surface area (TPSA) is 217 Å². The molecule has 0 spiro atoms. The Hall–Kier alpha value is -8.19. The molecular weight excluding hydrogens is 1330 g/mol. The molecule has 0 bridgehead atoms. The molecule has 0 saturated heterocycles. The summed E-state index contributed by atoms with van der Waals surface area (Å²) in [5.41, 5.74) is 8.72. The summed E-state index contributed by atoms with van der Waals surface area (Å²) in [6, 6.07) is 39.2. The second kappa shape index (κ2) is 48.0. The van der Waals surface area contributed by atoms with E-state index in [0.717, 1.165) is 102 Å². The van der Waals surface area contributed by atoms with Crippen molar-refractivity contribution in [1.82, 2.24) is 26.6 Å². The first-order chi connectivity index (χ1) is 50.1. The Labute approximate surface area is 622 Å². The quantitative estimate of drug-likeness (QED) is 0.00806. The molecule has 5 amide bonds. The summed E-state index contributed by atoms with van der Waals surface area (Å²) < 4.78 is 23.6. The van der Waals surface area contributed by atoms with Gasteiger partial charge in [0, 0.05) is 36.1 Å². The number of benzene rings is 5. The Balaban J connectivity index is 1.28. The van der Waals surface area contributed by atoms with Gasteiger partial charge in [-0.15, -0.1) is 0 Å². The van der Waals surface area contributed by atoms with Gasteiger partial charge in [-0.3, -0.25) is 19.2 Å². The number of alkyl carbamates (subject to hydrolysis) is 2. The Morgan fingerprint density at radius 2 is 1.01 bits per heavy atom. The molecule has 103 heavy (non-hydrogen) atoms. The molecule has 0 fully saturated rings. The van der Waals surface area contributed by atoms with Gasteiger partial charge in [0.15, 0.2) is 5.12 Å². The zero-order valence-corrected chi connectivity index (χ0v) is 63.4. The molecule has 5 aromatic rings. The Morgan fingerprint density at radius 1 is 0.515 bits per heavy atom. The van der Waals surface area contributed by atoms with Gasteiger partial charge in [0.2, 0.25) is 17.7 Å². The molecule has 1 aliphatic rings. The monoisotopic (exact) mass is 1440 g/mol. The predicted octanol–water partition coefficient (Wildman–Crippen LogP) is 17.5. The second-order valence-corrected chi connectivity index (χ2v) is 29.0. The first-order valence-electron chi connectivity index (χ1n) is 37.2. The maximum absolute atomic E-state index is 15.6. The second-order valence-electron chi connectivity index (χ2n) is 26.8. The van der Waals surface area contributed by atoms with Crippen LogP contribution in [0, 0.1) is 0 Å².